The zero-order valence-electron chi connectivity index (χ0n) is 8.28. The van der Waals surface area contributed by atoms with E-state index in [9.17, 15) is 26.3 Å². The lowest BCUT2D eigenvalue weighted by Gasteiger charge is -2.11. The second-order valence-electron chi connectivity index (χ2n) is 3.12. The molecule has 0 unspecified atom stereocenters. The lowest BCUT2D eigenvalue weighted by atomic mass is 10.0. The average Bonchev–Trinajstić information content (AvgIpc) is 2.16. The predicted octanol–water partition coefficient (Wildman–Crippen LogP) is 4.44. The molecule has 0 amide bonds. The molecule has 0 spiro atoms. The molecule has 0 radical (unpaired) electrons. The minimum Gasteiger partial charge on any atom is -0.166 e. The van der Waals surface area contributed by atoms with Crippen LogP contribution >= 0.6 is 0 Å². The van der Waals surface area contributed by atoms with Crippen LogP contribution in [0.25, 0.3) is 5.57 Å². The molecular weight excluding hydrogens is 246 g/mol. The van der Waals surface area contributed by atoms with Crippen LogP contribution in [0.2, 0.25) is 0 Å². The van der Waals surface area contributed by atoms with Gasteiger partial charge in [0.15, 0.2) is 0 Å². The van der Waals surface area contributed by atoms with Gasteiger partial charge in [-0.25, -0.2) is 0 Å². The Bertz CT molecular complexity index is 442. The van der Waals surface area contributed by atoms with Crippen molar-refractivity contribution in [1.29, 1.82) is 0 Å². The monoisotopic (exact) mass is 252 g/mol. The van der Waals surface area contributed by atoms with Crippen LogP contribution in [0.1, 0.15) is 11.1 Å². The maximum absolute atomic E-state index is 12.4. The van der Waals surface area contributed by atoms with Crippen LogP contribution in [0.4, 0.5) is 26.3 Å². The van der Waals surface area contributed by atoms with Crippen LogP contribution in [-0.2, 0) is 6.18 Å². The summed E-state index contributed by atoms with van der Waals surface area (Å²) in [7, 11) is 0. The van der Waals surface area contributed by atoms with Crippen molar-refractivity contribution in [3.8, 4) is 0 Å². The second-order valence-corrected chi connectivity index (χ2v) is 3.12. The van der Waals surface area contributed by atoms with Gasteiger partial charge in [0.05, 0.1) is 5.56 Å². The number of hydrogen-bond donors (Lipinski definition) is 0. The van der Waals surface area contributed by atoms with Gasteiger partial charge in [0.25, 0.3) is 0 Å². The van der Waals surface area contributed by atoms with Gasteiger partial charge in [-0.2, -0.15) is 26.3 Å². The molecule has 0 aliphatic carbocycles. The average molecular weight is 252 g/mol. The molecule has 0 atom stereocenters. The first-order valence-corrected chi connectivity index (χ1v) is 4.31. The van der Waals surface area contributed by atoms with E-state index in [0.717, 1.165) is 12.1 Å². The minimum atomic E-state index is -4.69. The molecule has 0 saturated carbocycles. The van der Waals surface area contributed by atoms with E-state index in [1.807, 2.05) is 0 Å². The van der Waals surface area contributed by atoms with Gasteiger partial charge < -0.3 is 0 Å². The van der Waals surface area contributed by atoms with E-state index in [1.165, 1.54) is 0 Å². The summed E-state index contributed by atoms with van der Waals surface area (Å²) in [6, 6.07) is 2.64. The first-order valence-electron chi connectivity index (χ1n) is 4.31. The quantitative estimate of drug-likeness (QED) is 0.512. The number of rotatable bonds is 1. The smallest absolute Gasteiger partial charge is 0.166 e. The van der Waals surface area contributed by atoms with Crippen molar-refractivity contribution in [3.05, 3.63) is 47.7 Å². The van der Waals surface area contributed by atoms with Crippen molar-refractivity contribution in [2.24, 2.45) is 0 Å². The zero-order chi connectivity index (χ0) is 13.3. The van der Waals surface area contributed by atoms with E-state index in [2.05, 4.69) is 6.58 Å². The van der Waals surface area contributed by atoms with Crippen LogP contribution in [0, 0.1) is 0 Å². The highest BCUT2D eigenvalue weighted by Crippen LogP contribution is 2.35. The van der Waals surface area contributed by atoms with Crippen molar-refractivity contribution < 1.29 is 26.3 Å². The summed E-state index contributed by atoms with van der Waals surface area (Å²) in [5.41, 5.74) is -0.922. The zero-order valence-corrected chi connectivity index (χ0v) is 8.28. The Labute approximate surface area is 92.9 Å². The predicted molar refractivity (Wildman–Crippen MR) is 50.0 cm³/mol. The third-order valence-corrected chi connectivity index (χ3v) is 1.96. The van der Waals surface area contributed by atoms with Crippen LogP contribution in [0.3, 0.4) is 0 Å². The minimum absolute atomic E-state index is 0.402. The molecule has 1 aromatic carbocycles. The number of benzene rings is 1. The number of halogens is 6. The molecule has 1 aromatic rings. The Morgan fingerprint density at radius 2 is 1.41 bits per heavy atom. The third-order valence-electron chi connectivity index (χ3n) is 1.96. The van der Waals surface area contributed by atoms with E-state index in [0.29, 0.717) is 12.1 Å². The summed E-state index contributed by atoms with van der Waals surface area (Å²) in [5.74, 6) is 0. The summed E-state index contributed by atoms with van der Waals surface area (Å²) < 4.78 is 73.7. The maximum Gasteiger partial charge on any atom is 0.424 e. The molecule has 6 heteroatoms. The van der Waals surface area contributed by atoms with E-state index < -0.39 is 29.1 Å². The fraction of sp³-hybridized carbons (Fsp3) is 0.182. The summed E-state index contributed by atoms with van der Waals surface area (Å²) in [5, 5.41) is 0. The second kappa shape index (κ2) is 4.30. The Morgan fingerprint density at radius 3 is 1.71 bits per heavy atom. The fourth-order valence-electron chi connectivity index (χ4n) is 1.19. The molecular formula is C11H6F6. The van der Waals surface area contributed by atoms with Gasteiger partial charge in [-0.1, -0.05) is 18.7 Å². The molecule has 92 valence electrons. The largest absolute Gasteiger partial charge is 0.424 e. The Morgan fingerprint density at radius 1 is 0.941 bits per heavy atom. The summed E-state index contributed by atoms with van der Waals surface area (Å²) >= 11 is 0. The van der Waals surface area contributed by atoms with E-state index in [1.54, 1.807) is 5.73 Å². The van der Waals surface area contributed by atoms with Crippen molar-refractivity contribution in [1.82, 2.24) is 0 Å². The van der Waals surface area contributed by atoms with Crippen LogP contribution in [-0.4, -0.2) is 6.18 Å². The van der Waals surface area contributed by atoms with Gasteiger partial charge in [-0.05, 0) is 17.7 Å². The molecule has 0 saturated heterocycles. The molecule has 17 heavy (non-hydrogen) atoms. The van der Waals surface area contributed by atoms with Gasteiger partial charge in [0.1, 0.15) is 5.57 Å². The molecule has 0 aliphatic heterocycles. The van der Waals surface area contributed by atoms with Crippen molar-refractivity contribution >= 4 is 5.57 Å². The number of allylic oxidation sites excluding steroid dienone is 1. The topological polar surface area (TPSA) is 0 Å². The van der Waals surface area contributed by atoms with Crippen LogP contribution in [0.15, 0.2) is 36.6 Å². The Balaban J connectivity index is 3.16. The van der Waals surface area contributed by atoms with E-state index in [4.69, 9.17) is 0 Å². The molecule has 0 bridgehead atoms. The SMILES string of the molecule is C=C=C(c1ccc(C(F)(F)F)cc1)C(F)(F)F. The molecule has 0 heterocycles. The third kappa shape index (κ3) is 3.14. The van der Waals surface area contributed by atoms with E-state index >= 15 is 0 Å². The molecule has 1 rings (SSSR count). The van der Waals surface area contributed by atoms with Crippen molar-refractivity contribution in [2.45, 2.75) is 12.4 Å². The first kappa shape index (κ1) is 13.4. The van der Waals surface area contributed by atoms with Crippen molar-refractivity contribution in [3.63, 3.8) is 0 Å². The van der Waals surface area contributed by atoms with Gasteiger partial charge >= 0.3 is 12.4 Å². The summed E-state index contributed by atoms with van der Waals surface area (Å²) in [6.07, 6.45) is -9.27. The van der Waals surface area contributed by atoms with Gasteiger partial charge in [-0.15, -0.1) is 5.73 Å². The van der Waals surface area contributed by atoms with Gasteiger partial charge in [0.2, 0.25) is 0 Å². The molecule has 0 fully saturated rings. The normalized spacial score (nSPS) is 12.1. The molecule has 0 aliphatic rings. The summed E-state index contributed by atoms with van der Waals surface area (Å²) in [4.78, 5) is 0. The van der Waals surface area contributed by atoms with Crippen molar-refractivity contribution in [2.75, 3.05) is 0 Å². The number of alkyl halides is 6. The molecule has 0 nitrogen and oxygen atoms in total. The summed E-state index contributed by atoms with van der Waals surface area (Å²) in [6.45, 7) is 2.87. The van der Waals surface area contributed by atoms with Crippen LogP contribution in [0.5, 0.6) is 0 Å². The van der Waals surface area contributed by atoms with Crippen LogP contribution < -0.4 is 0 Å². The standard InChI is InChI=1S/C11H6F6/c1-2-9(11(15,16)17)7-3-5-8(6-4-7)10(12,13)14/h3-6H,1H2. The van der Waals surface area contributed by atoms with Gasteiger partial charge in [-0.3, -0.25) is 0 Å². The fourth-order valence-corrected chi connectivity index (χ4v) is 1.19. The molecule has 0 aromatic heterocycles. The Kier molecular flexibility index (Phi) is 3.38. The molecule has 0 N–H and O–H groups in total. The highest BCUT2D eigenvalue weighted by molar-refractivity contribution is 5.68. The maximum atomic E-state index is 12.4. The highest BCUT2D eigenvalue weighted by Gasteiger charge is 2.35. The lowest BCUT2D eigenvalue weighted by Crippen LogP contribution is -2.10. The Hall–Kier alpha value is -1.68. The van der Waals surface area contributed by atoms with Gasteiger partial charge in [0, 0.05) is 0 Å². The van der Waals surface area contributed by atoms with E-state index in [-0.39, 0.29) is 0 Å². The first-order chi connectivity index (χ1) is 7.66. The lowest BCUT2D eigenvalue weighted by molar-refractivity contribution is -0.137. The highest BCUT2D eigenvalue weighted by atomic mass is 19.4. The number of hydrogen-bond acceptors (Lipinski definition) is 0.